The van der Waals surface area contributed by atoms with Gasteiger partial charge < -0.3 is 10.6 Å². The molecule has 190 valence electrons. The number of halogens is 1. The lowest BCUT2D eigenvalue weighted by atomic mass is 10.1. The molecular formula is C27H26FN5O3S. The molecule has 4 aromatic rings. The maximum absolute atomic E-state index is 13.2. The molecule has 8 nitrogen and oxygen atoms in total. The summed E-state index contributed by atoms with van der Waals surface area (Å²) in [6, 6.07) is 21.0. The molecule has 2 heterocycles. The zero-order valence-corrected chi connectivity index (χ0v) is 20.7. The molecule has 1 saturated heterocycles. The number of carbonyl (C=O) groups excluding carboxylic acids is 1. The van der Waals surface area contributed by atoms with Gasteiger partial charge >= 0.3 is 0 Å². The molecule has 1 atom stereocenters. The number of hydrogen-bond donors (Lipinski definition) is 2. The van der Waals surface area contributed by atoms with Gasteiger partial charge in [0.2, 0.25) is 0 Å². The van der Waals surface area contributed by atoms with E-state index in [4.69, 9.17) is 5.73 Å². The Balaban J connectivity index is 1.22. The van der Waals surface area contributed by atoms with Gasteiger partial charge in [-0.25, -0.2) is 12.8 Å². The molecule has 1 aromatic heterocycles. The highest BCUT2D eigenvalue weighted by Gasteiger charge is 2.26. The fourth-order valence-corrected chi connectivity index (χ4v) is 5.68. The number of para-hydroxylation sites is 1. The topological polar surface area (TPSA) is 109 Å². The van der Waals surface area contributed by atoms with Crippen LogP contribution in [0.25, 0.3) is 10.9 Å². The molecule has 0 saturated carbocycles. The molecule has 1 amide bonds. The Labute approximate surface area is 214 Å². The Hall–Kier alpha value is -3.86. The van der Waals surface area contributed by atoms with Crippen LogP contribution in [-0.4, -0.2) is 55.3 Å². The zero-order chi connectivity index (χ0) is 26.0. The van der Waals surface area contributed by atoms with Gasteiger partial charge in [-0.3, -0.25) is 19.4 Å². The van der Waals surface area contributed by atoms with Crippen molar-refractivity contribution in [3.8, 4) is 0 Å². The van der Waals surface area contributed by atoms with E-state index in [1.54, 1.807) is 71.8 Å². The number of nitrogens with two attached hydrogens (primary N) is 1. The highest BCUT2D eigenvalue weighted by molar-refractivity contribution is 7.93. The van der Waals surface area contributed by atoms with Crippen molar-refractivity contribution in [2.45, 2.75) is 11.1 Å². The van der Waals surface area contributed by atoms with Gasteiger partial charge in [-0.05, 0) is 54.1 Å². The van der Waals surface area contributed by atoms with Gasteiger partial charge in [-0.2, -0.15) is 0 Å². The van der Waals surface area contributed by atoms with Crippen LogP contribution in [0.1, 0.15) is 22.1 Å². The van der Waals surface area contributed by atoms with Gasteiger partial charge in [0.1, 0.15) is 10.7 Å². The molecule has 5 rings (SSSR count). The van der Waals surface area contributed by atoms with Crippen molar-refractivity contribution in [2.24, 2.45) is 5.73 Å². The molecule has 1 fully saturated rings. The second-order valence-electron chi connectivity index (χ2n) is 8.84. The summed E-state index contributed by atoms with van der Waals surface area (Å²) < 4.78 is 41.8. The highest BCUT2D eigenvalue weighted by Crippen LogP contribution is 2.24. The number of benzene rings is 3. The third-order valence-electron chi connectivity index (χ3n) is 6.48. The number of hydrogen-bond acceptors (Lipinski definition) is 6. The van der Waals surface area contributed by atoms with Crippen LogP contribution in [0.4, 0.5) is 10.1 Å². The van der Waals surface area contributed by atoms with Gasteiger partial charge in [0, 0.05) is 49.0 Å². The number of aromatic nitrogens is 1. The van der Waals surface area contributed by atoms with Gasteiger partial charge in [-0.1, -0.05) is 30.3 Å². The summed E-state index contributed by atoms with van der Waals surface area (Å²) in [7, 11) is -3.88. The second kappa shape index (κ2) is 10.3. The minimum absolute atomic E-state index is 0.0856. The second-order valence-corrected chi connectivity index (χ2v) is 10.5. The Morgan fingerprint density at radius 2 is 1.59 bits per heavy atom. The van der Waals surface area contributed by atoms with E-state index in [1.807, 2.05) is 0 Å². The SMILES string of the molecule is NC(c1ccc(F)cc1)N1CCN(C(=O)c2ccc(NS(=O)(=O)c3cccc4cccnc34)cc2)CC1. The summed E-state index contributed by atoms with van der Waals surface area (Å²) in [4.78, 5) is 21.1. The third kappa shape index (κ3) is 5.31. The first-order valence-corrected chi connectivity index (χ1v) is 13.3. The smallest absolute Gasteiger partial charge is 0.264 e. The van der Waals surface area contributed by atoms with Crippen LogP contribution >= 0.6 is 0 Å². The zero-order valence-electron chi connectivity index (χ0n) is 19.9. The molecule has 3 N–H and O–H groups in total. The molecule has 0 bridgehead atoms. The van der Waals surface area contributed by atoms with Gasteiger partial charge in [0.15, 0.2) is 0 Å². The summed E-state index contributed by atoms with van der Waals surface area (Å²) in [5.74, 6) is -0.446. The number of fused-ring (bicyclic) bond motifs is 1. The van der Waals surface area contributed by atoms with E-state index in [-0.39, 0.29) is 22.8 Å². The average molecular weight is 520 g/mol. The fourth-order valence-electron chi connectivity index (χ4n) is 4.44. The number of piperazine rings is 1. The minimum Gasteiger partial charge on any atom is -0.336 e. The van der Waals surface area contributed by atoms with Crippen molar-refractivity contribution in [3.05, 3.63) is 102 Å². The predicted octanol–water partition coefficient (Wildman–Crippen LogP) is 3.59. The van der Waals surface area contributed by atoms with Gasteiger partial charge in [0.25, 0.3) is 15.9 Å². The lowest BCUT2D eigenvalue weighted by Gasteiger charge is -2.38. The van der Waals surface area contributed by atoms with E-state index in [0.29, 0.717) is 42.9 Å². The Morgan fingerprint density at radius 3 is 2.30 bits per heavy atom. The minimum atomic E-state index is -3.88. The standard InChI is InChI=1S/C27H26FN5O3S/c28-22-10-6-20(7-11-22)26(29)32-15-17-33(18-16-32)27(34)21-8-12-23(13-9-21)31-37(35,36)24-5-1-3-19-4-2-14-30-25(19)24/h1-14,26,31H,15-18,29H2. The Kier molecular flexibility index (Phi) is 6.88. The Bertz CT molecular complexity index is 1510. The number of pyridine rings is 1. The fraction of sp³-hybridized carbons (Fsp3) is 0.185. The van der Waals surface area contributed by atoms with E-state index >= 15 is 0 Å². The molecule has 0 radical (unpaired) electrons. The van der Waals surface area contributed by atoms with Crippen LogP contribution < -0.4 is 10.5 Å². The summed E-state index contributed by atoms with van der Waals surface area (Å²) in [6.45, 7) is 2.16. The first-order chi connectivity index (χ1) is 17.8. The summed E-state index contributed by atoms with van der Waals surface area (Å²) in [5.41, 5.74) is 8.35. The average Bonchev–Trinajstić information content (AvgIpc) is 2.92. The monoisotopic (exact) mass is 519 g/mol. The van der Waals surface area contributed by atoms with E-state index < -0.39 is 10.0 Å². The maximum atomic E-state index is 13.2. The van der Waals surface area contributed by atoms with Crippen molar-refractivity contribution < 1.29 is 17.6 Å². The van der Waals surface area contributed by atoms with Crippen LogP contribution in [0.2, 0.25) is 0 Å². The molecule has 1 unspecified atom stereocenters. The first-order valence-electron chi connectivity index (χ1n) is 11.8. The summed E-state index contributed by atoms with van der Waals surface area (Å²) in [6.07, 6.45) is 1.18. The number of rotatable bonds is 6. The van der Waals surface area contributed by atoms with Crippen LogP contribution in [0, 0.1) is 5.82 Å². The lowest BCUT2D eigenvalue weighted by Crippen LogP contribution is -2.51. The van der Waals surface area contributed by atoms with Gasteiger partial charge in [-0.15, -0.1) is 0 Å². The van der Waals surface area contributed by atoms with Crippen LogP contribution in [0.15, 0.2) is 90.0 Å². The van der Waals surface area contributed by atoms with Crippen molar-refractivity contribution in [2.75, 3.05) is 30.9 Å². The molecule has 1 aliphatic heterocycles. The van der Waals surface area contributed by atoms with E-state index in [1.165, 1.54) is 18.2 Å². The largest absolute Gasteiger partial charge is 0.336 e. The van der Waals surface area contributed by atoms with Crippen LogP contribution in [-0.2, 0) is 10.0 Å². The van der Waals surface area contributed by atoms with E-state index in [0.717, 1.165) is 10.9 Å². The maximum Gasteiger partial charge on any atom is 0.264 e. The van der Waals surface area contributed by atoms with Crippen molar-refractivity contribution in [3.63, 3.8) is 0 Å². The third-order valence-corrected chi connectivity index (χ3v) is 7.89. The summed E-state index contributed by atoms with van der Waals surface area (Å²) in [5, 5.41) is 0.727. The summed E-state index contributed by atoms with van der Waals surface area (Å²) >= 11 is 0. The molecular weight excluding hydrogens is 493 g/mol. The molecule has 0 aliphatic carbocycles. The van der Waals surface area contributed by atoms with Crippen LogP contribution in [0.5, 0.6) is 0 Å². The number of sulfonamides is 1. The normalized spacial score (nSPS) is 15.5. The lowest BCUT2D eigenvalue weighted by molar-refractivity contribution is 0.0572. The number of nitrogens with one attached hydrogen (secondary N) is 1. The molecule has 1 aliphatic rings. The molecule has 0 spiro atoms. The Morgan fingerprint density at radius 1 is 0.919 bits per heavy atom. The first kappa shape index (κ1) is 24.8. The predicted molar refractivity (Wildman–Crippen MR) is 140 cm³/mol. The quantitative estimate of drug-likeness (QED) is 0.403. The van der Waals surface area contributed by atoms with Crippen molar-refractivity contribution in [1.29, 1.82) is 0 Å². The van der Waals surface area contributed by atoms with Crippen LogP contribution in [0.3, 0.4) is 0 Å². The molecule has 3 aromatic carbocycles. The van der Waals surface area contributed by atoms with E-state index in [9.17, 15) is 17.6 Å². The number of amides is 1. The van der Waals surface area contributed by atoms with E-state index in [2.05, 4.69) is 14.6 Å². The highest BCUT2D eigenvalue weighted by atomic mass is 32.2. The molecule has 10 heteroatoms. The molecule has 37 heavy (non-hydrogen) atoms. The van der Waals surface area contributed by atoms with Crippen molar-refractivity contribution in [1.82, 2.24) is 14.8 Å². The number of carbonyl (C=O) groups is 1. The number of nitrogens with zero attached hydrogens (tertiary/aromatic N) is 3. The van der Waals surface area contributed by atoms with Gasteiger partial charge in [0.05, 0.1) is 11.7 Å². The number of anilines is 1. The van der Waals surface area contributed by atoms with Crippen molar-refractivity contribution >= 4 is 32.5 Å².